The van der Waals surface area contributed by atoms with E-state index in [1.807, 2.05) is 30.3 Å². The standard InChI is InChI=1S/C24H32IN4O5/c1-25(8-9-32-15-25)27-24(31)34-13-16-6-7-17(10-16)20-12-22(29-28-20)26-23(30)11-18-14-33-21-5-3-2-4-19(18)21/h2-5,12,16-18H,6-11,13-15H2,1H3,(H,27,31)(H2,26,28,29,30)/q-1/t16?,17-,18?/m0/s1. The van der Waals surface area contributed by atoms with Gasteiger partial charge in [0.1, 0.15) is 5.75 Å². The number of nitrogens with zero attached hydrogens (tertiary/aromatic N) is 1. The Labute approximate surface area is 203 Å². The van der Waals surface area contributed by atoms with Gasteiger partial charge < -0.3 is 4.74 Å². The topological polar surface area (TPSA) is 115 Å². The quantitative estimate of drug-likeness (QED) is 0.244. The van der Waals surface area contributed by atoms with Crippen molar-refractivity contribution in [2.24, 2.45) is 5.92 Å². The predicted octanol–water partition coefficient (Wildman–Crippen LogP) is 0.217. The van der Waals surface area contributed by atoms with Crippen molar-refractivity contribution >= 4 is 17.8 Å². The number of carbonyl (C=O) groups is 2. The fourth-order valence-electron chi connectivity index (χ4n) is 4.92. The van der Waals surface area contributed by atoms with Crippen molar-refractivity contribution in [3.8, 4) is 5.75 Å². The van der Waals surface area contributed by atoms with Gasteiger partial charge in [0, 0.05) is 17.9 Å². The van der Waals surface area contributed by atoms with Gasteiger partial charge in [-0.05, 0) is 6.07 Å². The summed E-state index contributed by atoms with van der Waals surface area (Å²) in [6.07, 6.45) is 3.00. The molecule has 0 radical (unpaired) electrons. The van der Waals surface area contributed by atoms with Crippen molar-refractivity contribution in [1.82, 2.24) is 13.7 Å². The Balaban J connectivity index is 1.07. The number of rotatable bonds is 7. The number of carbonyl (C=O) groups excluding carboxylic acids is 2. The molecule has 1 aromatic heterocycles. The van der Waals surface area contributed by atoms with Crippen LogP contribution in [0.2, 0.25) is 0 Å². The number of ether oxygens (including phenoxy) is 3. The molecule has 3 N–H and O–H groups in total. The number of amides is 2. The molecule has 10 heteroatoms. The number of H-pyrrole nitrogens is 1. The van der Waals surface area contributed by atoms with E-state index in [0.717, 1.165) is 47.3 Å². The summed E-state index contributed by atoms with van der Waals surface area (Å²) < 4.78 is 21.4. The molecule has 2 aliphatic heterocycles. The molecular formula is C24H32IN4O5-. The minimum absolute atomic E-state index is 0.0645. The number of hydrogen-bond acceptors (Lipinski definition) is 6. The van der Waals surface area contributed by atoms with Crippen LogP contribution < -0.4 is 32.3 Å². The molecule has 1 saturated heterocycles. The maximum atomic E-state index is 12.6. The Morgan fingerprint density at radius 3 is 3.03 bits per heavy atom. The predicted molar refractivity (Wildman–Crippen MR) is 123 cm³/mol. The van der Waals surface area contributed by atoms with Crippen LogP contribution >= 0.6 is 0 Å². The molecule has 34 heavy (non-hydrogen) atoms. The molecular weight excluding hydrogens is 551 g/mol. The number of para-hydroxylation sites is 1. The molecule has 0 bridgehead atoms. The van der Waals surface area contributed by atoms with Crippen LogP contribution in [0.1, 0.15) is 48.8 Å². The molecule has 3 heterocycles. The number of benzene rings is 1. The third-order valence-electron chi connectivity index (χ3n) is 6.79. The number of hydrogen-bond donors (Lipinski definition) is 3. The summed E-state index contributed by atoms with van der Waals surface area (Å²) in [5, 5.41) is 10.3. The van der Waals surface area contributed by atoms with Crippen molar-refractivity contribution in [3.05, 3.63) is 41.6 Å². The third kappa shape index (κ3) is 5.48. The van der Waals surface area contributed by atoms with Crippen LogP contribution in [-0.2, 0) is 14.3 Å². The summed E-state index contributed by atoms with van der Waals surface area (Å²) in [4.78, 5) is 26.9. The Bertz CT molecular complexity index is 1040. The number of anilines is 1. The number of aromatic amines is 1. The number of aromatic nitrogens is 2. The van der Waals surface area contributed by atoms with Gasteiger partial charge in [-0.15, -0.1) is 0 Å². The van der Waals surface area contributed by atoms with Crippen LogP contribution in [0.4, 0.5) is 10.6 Å². The van der Waals surface area contributed by atoms with E-state index in [1.165, 1.54) is 0 Å². The van der Waals surface area contributed by atoms with Gasteiger partial charge in [-0.2, -0.15) is 0 Å². The fraction of sp³-hybridized carbons (Fsp3) is 0.542. The van der Waals surface area contributed by atoms with Crippen molar-refractivity contribution in [1.29, 1.82) is 0 Å². The first kappa shape index (κ1) is 23.4. The Kier molecular flexibility index (Phi) is 6.96. The van der Waals surface area contributed by atoms with Crippen LogP contribution in [0.3, 0.4) is 0 Å². The summed E-state index contributed by atoms with van der Waals surface area (Å²) in [6, 6.07) is 9.79. The van der Waals surface area contributed by atoms with Crippen LogP contribution in [0.5, 0.6) is 5.75 Å². The van der Waals surface area contributed by atoms with Gasteiger partial charge in [-0.3, -0.25) is 4.79 Å². The first-order valence-corrected chi connectivity index (χ1v) is 18.0. The summed E-state index contributed by atoms with van der Waals surface area (Å²) in [6.45, 7) is 1.70. The molecule has 0 spiro atoms. The van der Waals surface area contributed by atoms with Gasteiger partial charge in [-0.1, -0.05) is 18.2 Å². The Morgan fingerprint density at radius 1 is 1.29 bits per heavy atom. The number of nitrogens with one attached hydrogen (secondary N) is 3. The van der Waals surface area contributed by atoms with Gasteiger partial charge in [0.05, 0.1) is 6.61 Å². The summed E-state index contributed by atoms with van der Waals surface area (Å²) >= 11 is -2.28. The first-order valence-electron chi connectivity index (χ1n) is 11.7. The minimum atomic E-state index is -2.28. The summed E-state index contributed by atoms with van der Waals surface area (Å²) in [5.41, 5.74) is 2.10. The molecule has 186 valence electrons. The second kappa shape index (κ2) is 10.1. The normalized spacial score (nSPS) is 29.6. The van der Waals surface area contributed by atoms with E-state index >= 15 is 0 Å². The van der Waals surface area contributed by atoms with E-state index in [0.29, 0.717) is 41.9 Å². The average Bonchev–Trinajstić information content (AvgIpc) is 3.60. The molecule has 2 aromatic rings. The Morgan fingerprint density at radius 2 is 2.18 bits per heavy atom. The number of alkyl halides is 3. The molecule has 3 unspecified atom stereocenters. The van der Waals surface area contributed by atoms with Crippen molar-refractivity contribution in [2.75, 3.05) is 39.1 Å². The zero-order valence-electron chi connectivity index (χ0n) is 19.3. The number of fused-ring (bicyclic) bond motifs is 1. The van der Waals surface area contributed by atoms with E-state index in [2.05, 4.69) is 24.0 Å². The van der Waals surface area contributed by atoms with Crippen LogP contribution in [0.25, 0.3) is 0 Å². The molecule has 1 saturated carbocycles. The summed E-state index contributed by atoms with van der Waals surface area (Å²) in [5.74, 6) is 2.06. The third-order valence-corrected chi connectivity index (χ3v) is 13.2. The zero-order valence-corrected chi connectivity index (χ0v) is 21.5. The molecule has 4 atom stereocenters. The first-order chi connectivity index (χ1) is 16.5. The van der Waals surface area contributed by atoms with E-state index < -0.39 is 18.7 Å². The van der Waals surface area contributed by atoms with Gasteiger partial charge in [0.25, 0.3) is 0 Å². The van der Waals surface area contributed by atoms with Gasteiger partial charge >= 0.3 is 140 Å². The van der Waals surface area contributed by atoms with Gasteiger partial charge in [0.15, 0.2) is 0 Å². The second-order valence-electron chi connectivity index (χ2n) is 9.46. The molecule has 2 fully saturated rings. The van der Waals surface area contributed by atoms with Crippen LogP contribution in [-0.4, -0.2) is 56.0 Å². The van der Waals surface area contributed by atoms with Crippen LogP contribution in [0, 0.1) is 5.92 Å². The molecule has 2 amide bonds. The molecule has 3 aliphatic rings. The second-order valence-corrected chi connectivity index (χ2v) is 18.4. The van der Waals surface area contributed by atoms with E-state index in [4.69, 9.17) is 14.2 Å². The zero-order chi connectivity index (χ0) is 23.5. The molecule has 9 nitrogen and oxygen atoms in total. The molecule has 1 aliphatic carbocycles. The monoisotopic (exact) mass is 583 g/mol. The van der Waals surface area contributed by atoms with Gasteiger partial charge in [0.2, 0.25) is 0 Å². The molecule has 1 aromatic carbocycles. The van der Waals surface area contributed by atoms with Crippen molar-refractivity contribution in [3.63, 3.8) is 0 Å². The van der Waals surface area contributed by atoms with Gasteiger partial charge in [-0.25, -0.2) is 0 Å². The fourth-order valence-corrected chi connectivity index (χ4v) is 9.44. The van der Waals surface area contributed by atoms with Crippen molar-refractivity contribution < 1.29 is 42.5 Å². The average molecular weight is 583 g/mol. The van der Waals surface area contributed by atoms with E-state index in [1.54, 1.807) is 0 Å². The SMILES string of the molecule is C[I-]1(NC(=O)OCC2CC[C@H](c3cc(NC(=O)CC4COc5ccccc54)n[nH]3)C2)CCOC1. The summed E-state index contributed by atoms with van der Waals surface area (Å²) in [7, 11) is 0. The maximum absolute atomic E-state index is 12.6. The van der Waals surface area contributed by atoms with Crippen LogP contribution in [0.15, 0.2) is 30.3 Å². The van der Waals surface area contributed by atoms with E-state index in [9.17, 15) is 9.59 Å². The number of halogens is 1. The van der Waals surface area contributed by atoms with E-state index in [-0.39, 0.29) is 17.9 Å². The molecule has 5 rings (SSSR count). The Hall–Kier alpha value is -2.34. The van der Waals surface area contributed by atoms with Crippen molar-refractivity contribution in [2.45, 2.75) is 37.5 Å².